The normalized spacial score (nSPS) is 8.64. The van der Waals surface area contributed by atoms with Gasteiger partial charge in [-0.1, -0.05) is 5.92 Å². The van der Waals surface area contributed by atoms with Gasteiger partial charge in [0.25, 0.3) is 0 Å². The summed E-state index contributed by atoms with van der Waals surface area (Å²) in [6, 6.07) is 4.33. The Labute approximate surface area is 81.3 Å². The zero-order valence-corrected chi connectivity index (χ0v) is 7.57. The molecule has 0 aliphatic heterocycles. The van der Waals surface area contributed by atoms with Crippen molar-refractivity contribution < 1.29 is 14.6 Å². The zero-order chi connectivity index (χ0) is 10.6. The quantitative estimate of drug-likeness (QED) is 0.356. The smallest absolute Gasteiger partial charge is 0.384 e. The summed E-state index contributed by atoms with van der Waals surface area (Å²) < 4.78 is 4.33. The highest BCUT2D eigenvalue weighted by Gasteiger charge is 1.97. The Morgan fingerprint density at radius 3 is 2.86 bits per heavy atom. The van der Waals surface area contributed by atoms with Gasteiger partial charge in [0.2, 0.25) is 0 Å². The van der Waals surface area contributed by atoms with Crippen LogP contribution in [0.25, 0.3) is 0 Å². The number of phenols is 1. The number of ether oxygens (including phenoxy) is 1. The molecule has 0 bridgehead atoms. The molecule has 14 heavy (non-hydrogen) atoms. The van der Waals surface area contributed by atoms with Crippen molar-refractivity contribution in [2.45, 2.75) is 0 Å². The molecule has 0 saturated carbocycles. The third kappa shape index (κ3) is 2.42. The molecule has 0 aromatic heterocycles. The lowest BCUT2D eigenvalue weighted by atomic mass is 10.2. The maximum absolute atomic E-state index is 10.7. The number of carbonyl (C=O) groups is 1. The average molecular weight is 191 g/mol. The first-order valence-electron chi connectivity index (χ1n) is 3.82. The predicted molar refractivity (Wildman–Crippen MR) is 51.4 cm³/mol. The molecule has 4 nitrogen and oxygen atoms in total. The molecule has 72 valence electrons. The molecule has 0 aliphatic carbocycles. The molecule has 0 saturated heterocycles. The Balaban J connectivity index is 2.96. The molecular formula is C10H9NO3. The highest BCUT2D eigenvalue weighted by atomic mass is 16.5. The van der Waals surface area contributed by atoms with Crippen LogP contribution in [0.15, 0.2) is 18.2 Å². The summed E-state index contributed by atoms with van der Waals surface area (Å²) >= 11 is 0. The molecule has 0 atom stereocenters. The predicted octanol–water partition coefficient (Wildman–Crippen LogP) is 0.499. The number of hydrogen-bond acceptors (Lipinski definition) is 4. The monoisotopic (exact) mass is 191 g/mol. The summed E-state index contributed by atoms with van der Waals surface area (Å²) in [5, 5.41) is 9.04. The highest BCUT2D eigenvalue weighted by molar-refractivity contribution is 5.89. The van der Waals surface area contributed by atoms with Crippen LogP contribution in [0.3, 0.4) is 0 Å². The summed E-state index contributed by atoms with van der Waals surface area (Å²) in [7, 11) is 1.25. The first kappa shape index (κ1) is 9.93. The van der Waals surface area contributed by atoms with E-state index in [0.717, 1.165) is 0 Å². The van der Waals surface area contributed by atoms with E-state index in [2.05, 4.69) is 16.6 Å². The average Bonchev–Trinajstić information content (AvgIpc) is 2.16. The van der Waals surface area contributed by atoms with Gasteiger partial charge in [-0.05, 0) is 12.1 Å². The van der Waals surface area contributed by atoms with E-state index in [-0.39, 0.29) is 5.75 Å². The molecule has 1 aromatic carbocycles. The molecule has 0 amide bonds. The minimum Gasteiger partial charge on any atom is -0.508 e. The van der Waals surface area contributed by atoms with E-state index in [9.17, 15) is 4.79 Å². The van der Waals surface area contributed by atoms with E-state index in [1.807, 2.05) is 0 Å². The summed E-state index contributed by atoms with van der Waals surface area (Å²) in [4.78, 5) is 10.7. The second-order valence-corrected chi connectivity index (χ2v) is 2.51. The third-order valence-corrected chi connectivity index (χ3v) is 1.52. The van der Waals surface area contributed by atoms with Crippen molar-refractivity contribution in [3.05, 3.63) is 23.8 Å². The number of rotatable bonds is 0. The maximum atomic E-state index is 10.7. The number of nitrogens with two attached hydrogens (primary N) is 1. The van der Waals surface area contributed by atoms with Gasteiger partial charge in [-0.2, -0.15) is 0 Å². The fourth-order valence-corrected chi connectivity index (χ4v) is 0.833. The van der Waals surface area contributed by atoms with Crippen molar-refractivity contribution in [3.63, 3.8) is 0 Å². The van der Waals surface area contributed by atoms with Crippen molar-refractivity contribution in [2.24, 2.45) is 0 Å². The highest BCUT2D eigenvalue weighted by Crippen LogP contribution is 2.17. The molecule has 1 aromatic rings. The molecule has 3 N–H and O–H groups in total. The summed E-state index contributed by atoms with van der Waals surface area (Å²) in [6.07, 6.45) is 0. The Bertz CT molecular complexity index is 415. The van der Waals surface area contributed by atoms with Gasteiger partial charge in [-0.15, -0.1) is 0 Å². The van der Waals surface area contributed by atoms with Crippen molar-refractivity contribution in [1.82, 2.24) is 0 Å². The van der Waals surface area contributed by atoms with Crippen LogP contribution in [0.5, 0.6) is 5.75 Å². The Kier molecular flexibility index (Phi) is 2.97. The van der Waals surface area contributed by atoms with Crippen LogP contribution >= 0.6 is 0 Å². The number of phenolic OH excluding ortho intramolecular Hbond substituents is 1. The minimum absolute atomic E-state index is 0.0612. The third-order valence-electron chi connectivity index (χ3n) is 1.52. The number of benzene rings is 1. The summed E-state index contributed by atoms with van der Waals surface area (Å²) in [6.45, 7) is 0. The van der Waals surface area contributed by atoms with Crippen LogP contribution in [0, 0.1) is 11.8 Å². The topological polar surface area (TPSA) is 72.5 Å². The lowest BCUT2D eigenvalue weighted by molar-refractivity contribution is -0.133. The molecule has 0 spiro atoms. The van der Waals surface area contributed by atoms with Crippen molar-refractivity contribution in [2.75, 3.05) is 12.8 Å². The molecule has 0 fully saturated rings. The first-order chi connectivity index (χ1) is 6.63. The largest absolute Gasteiger partial charge is 0.508 e. The van der Waals surface area contributed by atoms with Crippen LogP contribution in [0.4, 0.5) is 5.69 Å². The Hall–Kier alpha value is -2.15. The van der Waals surface area contributed by atoms with E-state index in [0.29, 0.717) is 11.3 Å². The number of nitrogen functional groups attached to an aromatic ring is 1. The second-order valence-electron chi connectivity index (χ2n) is 2.51. The number of methoxy groups -OCH3 is 1. The van der Waals surface area contributed by atoms with E-state index in [1.54, 1.807) is 0 Å². The van der Waals surface area contributed by atoms with Crippen LogP contribution in [0.2, 0.25) is 0 Å². The fourth-order valence-electron chi connectivity index (χ4n) is 0.833. The first-order valence-corrected chi connectivity index (χ1v) is 3.82. The lowest BCUT2D eigenvalue weighted by Gasteiger charge is -1.97. The molecular weight excluding hydrogens is 182 g/mol. The summed E-state index contributed by atoms with van der Waals surface area (Å²) in [5.41, 5.74) is 6.34. The van der Waals surface area contributed by atoms with Gasteiger partial charge < -0.3 is 15.6 Å². The van der Waals surface area contributed by atoms with Crippen LogP contribution in [-0.4, -0.2) is 18.2 Å². The number of hydrogen-bond donors (Lipinski definition) is 2. The van der Waals surface area contributed by atoms with Crippen molar-refractivity contribution in [1.29, 1.82) is 0 Å². The minimum atomic E-state index is -0.627. The molecule has 0 aliphatic rings. The standard InChI is InChI=1S/C10H9NO3/c1-14-10(13)5-3-7-2-4-8(12)6-9(7)11/h2,4,6,12H,11H2,1H3. The fraction of sp³-hybridized carbons (Fsp3) is 0.100. The van der Waals surface area contributed by atoms with Gasteiger partial charge in [0, 0.05) is 17.6 Å². The van der Waals surface area contributed by atoms with E-state index in [4.69, 9.17) is 10.8 Å². The van der Waals surface area contributed by atoms with E-state index in [1.165, 1.54) is 25.3 Å². The Morgan fingerprint density at radius 2 is 2.29 bits per heavy atom. The SMILES string of the molecule is COC(=O)C#Cc1ccc(O)cc1N. The van der Waals surface area contributed by atoms with Gasteiger partial charge in [0.05, 0.1) is 12.8 Å². The number of aromatic hydroxyl groups is 1. The van der Waals surface area contributed by atoms with Crippen LogP contribution in [-0.2, 0) is 9.53 Å². The Morgan fingerprint density at radius 1 is 1.57 bits per heavy atom. The number of anilines is 1. The molecule has 0 radical (unpaired) electrons. The van der Waals surface area contributed by atoms with E-state index >= 15 is 0 Å². The molecule has 1 rings (SSSR count). The van der Waals surface area contributed by atoms with Gasteiger partial charge in [-0.3, -0.25) is 0 Å². The lowest BCUT2D eigenvalue weighted by Crippen LogP contribution is -1.95. The van der Waals surface area contributed by atoms with Gasteiger partial charge in [0.15, 0.2) is 0 Å². The van der Waals surface area contributed by atoms with Gasteiger partial charge in [-0.25, -0.2) is 4.79 Å². The zero-order valence-electron chi connectivity index (χ0n) is 7.57. The molecule has 0 heterocycles. The van der Waals surface area contributed by atoms with Crippen molar-refractivity contribution >= 4 is 11.7 Å². The molecule has 0 unspecified atom stereocenters. The van der Waals surface area contributed by atoms with Gasteiger partial charge >= 0.3 is 5.97 Å². The molecule has 4 heteroatoms. The van der Waals surface area contributed by atoms with Crippen molar-refractivity contribution in [3.8, 4) is 17.6 Å². The maximum Gasteiger partial charge on any atom is 0.384 e. The van der Waals surface area contributed by atoms with Gasteiger partial charge in [0.1, 0.15) is 5.75 Å². The van der Waals surface area contributed by atoms with Crippen LogP contribution < -0.4 is 5.73 Å². The number of esters is 1. The van der Waals surface area contributed by atoms with E-state index < -0.39 is 5.97 Å². The summed E-state index contributed by atoms with van der Waals surface area (Å²) in [5.74, 6) is 4.20. The second kappa shape index (κ2) is 4.19. The number of carbonyl (C=O) groups excluding carboxylic acids is 1. The van der Waals surface area contributed by atoms with Crippen LogP contribution in [0.1, 0.15) is 5.56 Å².